The molecule has 2 nitrogen and oxygen atoms in total. The van der Waals surface area contributed by atoms with Gasteiger partial charge in [-0.15, -0.1) is 0 Å². The normalized spacial score (nSPS) is 13.9. The largest absolute Gasteiger partial charge is 0.393 e. The van der Waals surface area contributed by atoms with E-state index in [1.54, 1.807) is 6.20 Å². The van der Waals surface area contributed by atoms with Gasteiger partial charge in [0.05, 0.1) is 6.10 Å². The van der Waals surface area contributed by atoms with Gasteiger partial charge in [-0.05, 0) is 30.4 Å². The fraction of sp³-hybridized carbons (Fsp3) is 0.615. The van der Waals surface area contributed by atoms with Gasteiger partial charge in [0.25, 0.3) is 0 Å². The maximum atomic E-state index is 9.83. The molecule has 1 heterocycles. The molecule has 0 fully saturated rings. The SMILES string of the molecule is CC(C)(C)CCC(O)Cc1ccccn1. The Labute approximate surface area is 92.4 Å². The summed E-state index contributed by atoms with van der Waals surface area (Å²) < 4.78 is 0. The molecule has 1 aromatic heterocycles. The molecular weight excluding hydrogens is 186 g/mol. The number of aliphatic hydroxyl groups is 1. The fourth-order valence-electron chi connectivity index (χ4n) is 1.46. The predicted octanol–water partition coefficient (Wildman–Crippen LogP) is 2.81. The summed E-state index contributed by atoms with van der Waals surface area (Å²) in [6, 6.07) is 5.81. The average Bonchev–Trinajstić information content (AvgIpc) is 2.15. The lowest BCUT2D eigenvalue weighted by atomic mass is 9.88. The Morgan fingerprint density at radius 1 is 1.33 bits per heavy atom. The van der Waals surface area contributed by atoms with Crippen LogP contribution < -0.4 is 0 Å². The molecule has 15 heavy (non-hydrogen) atoms. The highest BCUT2D eigenvalue weighted by Crippen LogP contribution is 2.22. The van der Waals surface area contributed by atoms with Gasteiger partial charge in [-0.3, -0.25) is 4.98 Å². The summed E-state index contributed by atoms with van der Waals surface area (Å²) in [7, 11) is 0. The van der Waals surface area contributed by atoms with Crippen molar-refractivity contribution in [1.29, 1.82) is 0 Å². The highest BCUT2D eigenvalue weighted by molar-refractivity contribution is 5.04. The van der Waals surface area contributed by atoms with Crippen LogP contribution in [-0.4, -0.2) is 16.2 Å². The molecule has 84 valence electrons. The van der Waals surface area contributed by atoms with Gasteiger partial charge in [-0.1, -0.05) is 26.8 Å². The minimum atomic E-state index is -0.265. The Morgan fingerprint density at radius 3 is 2.60 bits per heavy atom. The lowest BCUT2D eigenvalue weighted by Gasteiger charge is -2.20. The van der Waals surface area contributed by atoms with Gasteiger partial charge in [0.15, 0.2) is 0 Å². The summed E-state index contributed by atoms with van der Waals surface area (Å²) in [6.45, 7) is 6.58. The monoisotopic (exact) mass is 207 g/mol. The van der Waals surface area contributed by atoms with E-state index >= 15 is 0 Å². The van der Waals surface area contributed by atoms with Crippen molar-refractivity contribution >= 4 is 0 Å². The topological polar surface area (TPSA) is 33.1 Å². The van der Waals surface area contributed by atoms with Crippen LogP contribution in [0.15, 0.2) is 24.4 Å². The van der Waals surface area contributed by atoms with Crippen LogP contribution in [-0.2, 0) is 6.42 Å². The van der Waals surface area contributed by atoms with Crippen molar-refractivity contribution in [3.05, 3.63) is 30.1 Å². The molecule has 0 bridgehead atoms. The number of rotatable bonds is 4. The average molecular weight is 207 g/mol. The van der Waals surface area contributed by atoms with Gasteiger partial charge in [0.2, 0.25) is 0 Å². The molecule has 0 aliphatic heterocycles. The Balaban J connectivity index is 2.34. The molecule has 1 N–H and O–H groups in total. The van der Waals surface area contributed by atoms with Crippen LogP contribution in [0.4, 0.5) is 0 Å². The summed E-state index contributed by atoms with van der Waals surface area (Å²) in [5, 5.41) is 9.83. The van der Waals surface area contributed by atoms with Crippen molar-refractivity contribution in [1.82, 2.24) is 4.98 Å². The molecular formula is C13H21NO. The van der Waals surface area contributed by atoms with Crippen LogP contribution in [0.5, 0.6) is 0 Å². The second-order valence-corrected chi connectivity index (χ2v) is 5.28. The first-order valence-electron chi connectivity index (χ1n) is 5.55. The number of pyridine rings is 1. The molecule has 1 atom stereocenters. The zero-order valence-electron chi connectivity index (χ0n) is 9.90. The minimum absolute atomic E-state index is 0.265. The van der Waals surface area contributed by atoms with E-state index in [1.807, 2.05) is 18.2 Å². The molecule has 1 aromatic rings. The number of aromatic nitrogens is 1. The van der Waals surface area contributed by atoms with E-state index in [2.05, 4.69) is 25.8 Å². The molecule has 0 spiro atoms. The van der Waals surface area contributed by atoms with Crippen molar-refractivity contribution in [2.75, 3.05) is 0 Å². The van der Waals surface area contributed by atoms with Crippen LogP contribution in [0, 0.1) is 5.41 Å². The summed E-state index contributed by atoms with van der Waals surface area (Å²) in [5.41, 5.74) is 1.27. The first-order valence-corrected chi connectivity index (χ1v) is 5.55. The summed E-state index contributed by atoms with van der Waals surface area (Å²) in [5.74, 6) is 0. The van der Waals surface area contributed by atoms with Gasteiger partial charge in [-0.25, -0.2) is 0 Å². The molecule has 0 aromatic carbocycles. The third-order valence-electron chi connectivity index (χ3n) is 2.40. The van der Waals surface area contributed by atoms with Crippen molar-refractivity contribution in [2.45, 2.75) is 46.1 Å². The van der Waals surface area contributed by atoms with Crippen molar-refractivity contribution in [3.63, 3.8) is 0 Å². The summed E-state index contributed by atoms with van der Waals surface area (Å²) in [4.78, 5) is 4.20. The molecule has 1 unspecified atom stereocenters. The van der Waals surface area contributed by atoms with E-state index in [1.165, 1.54) is 0 Å². The van der Waals surface area contributed by atoms with Crippen LogP contribution in [0.1, 0.15) is 39.3 Å². The third-order valence-corrected chi connectivity index (χ3v) is 2.40. The lowest BCUT2D eigenvalue weighted by Crippen LogP contribution is -2.15. The van der Waals surface area contributed by atoms with Crippen LogP contribution in [0.2, 0.25) is 0 Å². The number of hydrogen-bond acceptors (Lipinski definition) is 2. The highest BCUT2D eigenvalue weighted by Gasteiger charge is 2.13. The predicted molar refractivity (Wildman–Crippen MR) is 62.6 cm³/mol. The van der Waals surface area contributed by atoms with E-state index in [-0.39, 0.29) is 6.10 Å². The standard InChI is InChI=1S/C13H21NO/c1-13(2,3)8-7-12(15)10-11-6-4-5-9-14-11/h4-6,9,12,15H,7-8,10H2,1-3H3. The number of hydrogen-bond donors (Lipinski definition) is 1. The van der Waals surface area contributed by atoms with E-state index in [9.17, 15) is 5.11 Å². The lowest BCUT2D eigenvalue weighted by molar-refractivity contribution is 0.145. The van der Waals surface area contributed by atoms with E-state index in [4.69, 9.17) is 0 Å². The zero-order chi connectivity index (χ0) is 11.3. The Hall–Kier alpha value is -0.890. The first kappa shape index (κ1) is 12.2. The molecule has 0 saturated heterocycles. The van der Waals surface area contributed by atoms with Gasteiger partial charge < -0.3 is 5.11 Å². The molecule has 2 heteroatoms. The smallest absolute Gasteiger partial charge is 0.0595 e. The first-order chi connectivity index (χ1) is 6.97. The second kappa shape index (κ2) is 5.26. The van der Waals surface area contributed by atoms with Crippen LogP contribution in [0.3, 0.4) is 0 Å². The van der Waals surface area contributed by atoms with Crippen molar-refractivity contribution in [2.24, 2.45) is 5.41 Å². The van der Waals surface area contributed by atoms with Gasteiger partial charge in [0.1, 0.15) is 0 Å². The van der Waals surface area contributed by atoms with Crippen molar-refractivity contribution in [3.8, 4) is 0 Å². The Morgan fingerprint density at radius 2 is 2.07 bits per heavy atom. The molecule has 0 amide bonds. The fourth-order valence-corrected chi connectivity index (χ4v) is 1.46. The third kappa shape index (κ3) is 5.53. The maximum absolute atomic E-state index is 9.83. The number of nitrogens with zero attached hydrogens (tertiary/aromatic N) is 1. The Kier molecular flexibility index (Phi) is 4.28. The van der Waals surface area contributed by atoms with Crippen LogP contribution >= 0.6 is 0 Å². The summed E-state index contributed by atoms with van der Waals surface area (Å²) in [6.07, 6.45) is 4.06. The van der Waals surface area contributed by atoms with Crippen molar-refractivity contribution < 1.29 is 5.11 Å². The van der Waals surface area contributed by atoms with E-state index < -0.39 is 0 Å². The molecule has 0 aliphatic carbocycles. The van der Waals surface area contributed by atoms with E-state index in [0.717, 1.165) is 18.5 Å². The summed E-state index contributed by atoms with van der Waals surface area (Å²) >= 11 is 0. The zero-order valence-corrected chi connectivity index (χ0v) is 9.90. The highest BCUT2D eigenvalue weighted by atomic mass is 16.3. The second-order valence-electron chi connectivity index (χ2n) is 5.28. The molecule has 0 aliphatic rings. The quantitative estimate of drug-likeness (QED) is 0.823. The van der Waals surface area contributed by atoms with Crippen LogP contribution in [0.25, 0.3) is 0 Å². The Bertz CT molecular complexity index is 276. The maximum Gasteiger partial charge on any atom is 0.0595 e. The van der Waals surface area contributed by atoms with Gasteiger partial charge in [0, 0.05) is 18.3 Å². The molecule has 0 saturated carbocycles. The number of aliphatic hydroxyl groups excluding tert-OH is 1. The molecule has 1 rings (SSSR count). The minimum Gasteiger partial charge on any atom is -0.393 e. The molecule has 0 radical (unpaired) electrons. The van der Waals surface area contributed by atoms with Gasteiger partial charge >= 0.3 is 0 Å². The van der Waals surface area contributed by atoms with E-state index in [0.29, 0.717) is 11.8 Å². The van der Waals surface area contributed by atoms with Gasteiger partial charge in [-0.2, -0.15) is 0 Å².